The zero-order valence-corrected chi connectivity index (χ0v) is 10.8. The monoisotopic (exact) mass is 233 g/mol. The van der Waals surface area contributed by atoms with Crippen LogP contribution in [-0.2, 0) is 5.60 Å². The molecule has 1 unspecified atom stereocenters. The summed E-state index contributed by atoms with van der Waals surface area (Å²) in [5, 5.41) is 14.2. The molecule has 0 heterocycles. The number of nitrogens with one attached hydrogen (secondary N) is 1. The first-order valence-corrected chi connectivity index (χ1v) is 6.61. The van der Waals surface area contributed by atoms with Gasteiger partial charge in [0.1, 0.15) is 0 Å². The van der Waals surface area contributed by atoms with Gasteiger partial charge in [0.05, 0.1) is 5.60 Å². The fraction of sp³-hybridized carbons (Fsp3) is 0.600. The Morgan fingerprint density at radius 1 is 1.18 bits per heavy atom. The smallest absolute Gasteiger partial charge is 0.0911 e. The van der Waals surface area contributed by atoms with E-state index in [2.05, 4.69) is 5.32 Å². The van der Waals surface area contributed by atoms with E-state index in [0.29, 0.717) is 12.0 Å². The second-order valence-electron chi connectivity index (χ2n) is 5.30. The Labute approximate surface area is 104 Å². The fourth-order valence-electron chi connectivity index (χ4n) is 3.14. The normalized spacial score (nSPS) is 28.6. The van der Waals surface area contributed by atoms with E-state index >= 15 is 0 Å². The van der Waals surface area contributed by atoms with Crippen LogP contribution in [0.15, 0.2) is 30.3 Å². The van der Waals surface area contributed by atoms with Crippen molar-refractivity contribution in [1.82, 2.24) is 5.32 Å². The maximum absolute atomic E-state index is 10.9. The number of hydrogen-bond donors (Lipinski definition) is 2. The van der Waals surface area contributed by atoms with E-state index < -0.39 is 5.60 Å². The van der Waals surface area contributed by atoms with Crippen molar-refractivity contribution in [3.05, 3.63) is 35.9 Å². The van der Waals surface area contributed by atoms with Crippen molar-refractivity contribution in [2.45, 2.75) is 44.2 Å². The van der Waals surface area contributed by atoms with Crippen LogP contribution in [0.25, 0.3) is 0 Å². The molecule has 1 saturated carbocycles. The predicted molar refractivity (Wildman–Crippen MR) is 70.8 cm³/mol. The van der Waals surface area contributed by atoms with Crippen LogP contribution in [0.5, 0.6) is 0 Å². The van der Waals surface area contributed by atoms with Gasteiger partial charge in [-0.3, -0.25) is 0 Å². The summed E-state index contributed by atoms with van der Waals surface area (Å²) in [4.78, 5) is 0. The molecule has 0 saturated heterocycles. The zero-order chi connectivity index (χ0) is 12.3. The minimum Gasteiger partial charge on any atom is -0.385 e. The Morgan fingerprint density at radius 3 is 2.47 bits per heavy atom. The van der Waals surface area contributed by atoms with Crippen molar-refractivity contribution in [2.75, 3.05) is 7.05 Å². The lowest BCUT2D eigenvalue weighted by Crippen LogP contribution is -2.47. The lowest BCUT2D eigenvalue weighted by molar-refractivity contribution is -0.0351. The van der Waals surface area contributed by atoms with E-state index in [4.69, 9.17) is 0 Å². The van der Waals surface area contributed by atoms with Gasteiger partial charge >= 0.3 is 0 Å². The molecule has 1 fully saturated rings. The number of benzene rings is 1. The molecule has 2 heteroatoms. The molecular formula is C15H23NO. The third-order valence-corrected chi connectivity index (χ3v) is 4.22. The molecule has 0 aliphatic heterocycles. The van der Waals surface area contributed by atoms with Gasteiger partial charge in [0.2, 0.25) is 0 Å². The molecule has 2 nitrogen and oxygen atoms in total. The van der Waals surface area contributed by atoms with Crippen molar-refractivity contribution >= 4 is 0 Å². The highest BCUT2D eigenvalue weighted by molar-refractivity contribution is 5.23. The van der Waals surface area contributed by atoms with Gasteiger partial charge in [-0.25, -0.2) is 0 Å². The fourth-order valence-corrected chi connectivity index (χ4v) is 3.14. The molecular weight excluding hydrogens is 210 g/mol. The SMILES string of the molecule is CN[C@H]1CCCC[C@H]1C(C)(O)c1ccccc1. The third-order valence-electron chi connectivity index (χ3n) is 4.22. The maximum Gasteiger partial charge on any atom is 0.0911 e. The third kappa shape index (κ3) is 2.53. The molecule has 0 spiro atoms. The van der Waals surface area contributed by atoms with Crippen LogP contribution in [0, 0.1) is 5.92 Å². The summed E-state index contributed by atoms with van der Waals surface area (Å²) in [6, 6.07) is 10.5. The minimum absolute atomic E-state index is 0.309. The lowest BCUT2D eigenvalue weighted by Gasteiger charge is -2.41. The molecule has 17 heavy (non-hydrogen) atoms. The van der Waals surface area contributed by atoms with Crippen molar-refractivity contribution in [2.24, 2.45) is 5.92 Å². The zero-order valence-electron chi connectivity index (χ0n) is 10.8. The van der Waals surface area contributed by atoms with Gasteiger partial charge in [-0.1, -0.05) is 43.2 Å². The van der Waals surface area contributed by atoms with E-state index in [-0.39, 0.29) is 0 Å². The molecule has 0 bridgehead atoms. The Hall–Kier alpha value is -0.860. The summed E-state index contributed by atoms with van der Waals surface area (Å²) in [6.45, 7) is 1.96. The number of rotatable bonds is 3. The van der Waals surface area contributed by atoms with Crippen molar-refractivity contribution in [1.29, 1.82) is 0 Å². The first kappa shape index (κ1) is 12.6. The molecule has 3 atom stereocenters. The van der Waals surface area contributed by atoms with Gasteiger partial charge in [0.15, 0.2) is 0 Å². The topological polar surface area (TPSA) is 32.3 Å². The second-order valence-corrected chi connectivity index (χ2v) is 5.30. The highest BCUT2D eigenvalue weighted by Crippen LogP contribution is 2.38. The Kier molecular flexibility index (Phi) is 3.85. The molecule has 1 aliphatic rings. The molecule has 0 radical (unpaired) electrons. The Morgan fingerprint density at radius 2 is 1.82 bits per heavy atom. The average Bonchev–Trinajstić information content (AvgIpc) is 2.39. The van der Waals surface area contributed by atoms with Crippen molar-refractivity contribution in [3.8, 4) is 0 Å². The molecule has 1 aromatic rings. The van der Waals surface area contributed by atoms with Gasteiger partial charge < -0.3 is 10.4 Å². The van der Waals surface area contributed by atoms with E-state index in [1.165, 1.54) is 19.3 Å². The summed E-state index contributed by atoms with van der Waals surface area (Å²) in [6.07, 6.45) is 4.77. The molecule has 0 amide bonds. The van der Waals surface area contributed by atoms with Crippen molar-refractivity contribution < 1.29 is 5.11 Å². The van der Waals surface area contributed by atoms with Gasteiger partial charge in [-0.2, -0.15) is 0 Å². The standard InChI is InChI=1S/C15H23NO/c1-15(17,12-8-4-3-5-9-12)13-10-6-7-11-14(13)16-2/h3-5,8-9,13-14,16-17H,6-7,10-11H2,1-2H3/t13-,14+,15?/m1/s1. The van der Waals surface area contributed by atoms with Crippen LogP contribution >= 0.6 is 0 Å². The first-order valence-electron chi connectivity index (χ1n) is 6.61. The predicted octanol–water partition coefficient (Wildman–Crippen LogP) is 2.67. The summed E-state index contributed by atoms with van der Waals surface area (Å²) in [5.74, 6) is 0.309. The molecule has 2 rings (SSSR count). The van der Waals surface area contributed by atoms with Crippen LogP contribution in [0.1, 0.15) is 38.2 Å². The van der Waals surface area contributed by atoms with E-state index in [9.17, 15) is 5.11 Å². The highest BCUT2D eigenvalue weighted by Gasteiger charge is 2.39. The summed E-state index contributed by atoms with van der Waals surface area (Å²) in [7, 11) is 2.00. The highest BCUT2D eigenvalue weighted by atomic mass is 16.3. The molecule has 0 aromatic heterocycles. The molecule has 94 valence electrons. The van der Waals surface area contributed by atoms with Crippen LogP contribution in [0.2, 0.25) is 0 Å². The molecule has 2 N–H and O–H groups in total. The lowest BCUT2D eigenvalue weighted by atomic mass is 9.71. The van der Waals surface area contributed by atoms with Crippen LogP contribution < -0.4 is 5.32 Å². The van der Waals surface area contributed by atoms with Gasteiger partial charge in [-0.05, 0) is 32.4 Å². The summed E-state index contributed by atoms with van der Waals surface area (Å²) in [5.41, 5.74) is 0.308. The largest absolute Gasteiger partial charge is 0.385 e. The summed E-state index contributed by atoms with van der Waals surface area (Å²) < 4.78 is 0. The average molecular weight is 233 g/mol. The van der Waals surface area contributed by atoms with Crippen molar-refractivity contribution in [3.63, 3.8) is 0 Å². The summed E-state index contributed by atoms with van der Waals surface area (Å²) >= 11 is 0. The molecule has 1 aromatic carbocycles. The number of aliphatic hydroxyl groups is 1. The quantitative estimate of drug-likeness (QED) is 0.841. The van der Waals surface area contributed by atoms with Crippen LogP contribution in [-0.4, -0.2) is 18.2 Å². The Bertz CT molecular complexity index is 347. The van der Waals surface area contributed by atoms with E-state index in [1.54, 1.807) is 0 Å². The van der Waals surface area contributed by atoms with Gasteiger partial charge in [0, 0.05) is 12.0 Å². The van der Waals surface area contributed by atoms with Gasteiger partial charge in [0.25, 0.3) is 0 Å². The minimum atomic E-state index is -0.727. The van der Waals surface area contributed by atoms with Crippen LogP contribution in [0.3, 0.4) is 0 Å². The van der Waals surface area contributed by atoms with E-state index in [0.717, 1.165) is 12.0 Å². The molecule has 1 aliphatic carbocycles. The Balaban J connectivity index is 2.24. The van der Waals surface area contributed by atoms with E-state index in [1.807, 2.05) is 44.3 Å². The number of hydrogen-bond acceptors (Lipinski definition) is 2. The van der Waals surface area contributed by atoms with Crippen LogP contribution in [0.4, 0.5) is 0 Å². The first-order chi connectivity index (χ1) is 8.16. The van der Waals surface area contributed by atoms with Gasteiger partial charge in [-0.15, -0.1) is 0 Å². The second kappa shape index (κ2) is 5.19. The maximum atomic E-state index is 10.9.